The average Bonchev–Trinajstić information content (AvgIpc) is 2.66. The van der Waals surface area contributed by atoms with Gasteiger partial charge in [0, 0.05) is 16.3 Å². The van der Waals surface area contributed by atoms with Crippen molar-refractivity contribution in [2.45, 2.75) is 87.1 Å². The van der Waals surface area contributed by atoms with Gasteiger partial charge < -0.3 is 10.1 Å². The maximum atomic E-state index is 12.7. The summed E-state index contributed by atoms with van der Waals surface area (Å²) < 4.78 is 77.3. The number of anilines is 1. The van der Waals surface area contributed by atoms with E-state index in [1.54, 1.807) is 18.2 Å². The number of nitrogens with zero attached hydrogens (tertiary/aromatic N) is 1. The summed E-state index contributed by atoms with van der Waals surface area (Å²) in [6.07, 6.45) is 3.05. The van der Waals surface area contributed by atoms with Gasteiger partial charge in [0.15, 0.2) is 21.3 Å². The summed E-state index contributed by atoms with van der Waals surface area (Å²) in [5.74, 6) is -0.481. The van der Waals surface area contributed by atoms with Gasteiger partial charge in [0.25, 0.3) is 20.2 Å². The van der Waals surface area contributed by atoms with Crippen molar-refractivity contribution in [3.8, 4) is 11.5 Å². The number of nitrogens with one attached hydrogen (secondary N) is 1. The maximum absolute atomic E-state index is 12.7. The fourth-order valence-corrected chi connectivity index (χ4v) is 7.64. The van der Waals surface area contributed by atoms with Crippen LogP contribution in [0.4, 0.5) is 5.69 Å². The second kappa shape index (κ2) is 7.53. The monoisotopic (exact) mass is 534 g/mol. The first-order valence-corrected chi connectivity index (χ1v) is 14.7. The van der Waals surface area contributed by atoms with Crippen molar-refractivity contribution in [1.29, 1.82) is 0 Å². The molecule has 5 rings (SSSR count). The minimum Gasteiger partial charge on any atom is -0.453 e. The van der Waals surface area contributed by atoms with E-state index >= 15 is 0 Å². The summed E-state index contributed by atoms with van der Waals surface area (Å²) in [6, 6.07) is 3.59. The molecule has 0 aromatic heterocycles. The Morgan fingerprint density at radius 3 is 2.14 bits per heavy atom. The Morgan fingerprint density at radius 1 is 0.917 bits per heavy atom. The molecule has 11 heteroatoms. The lowest BCUT2D eigenvalue weighted by molar-refractivity contribution is 0.392. The van der Waals surface area contributed by atoms with Gasteiger partial charge in [-0.3, -0.25) is 14.1 Å². The molecule has 3 aliphatic rings. The first-order chi connectivity index (χ1) is 16.4. The Morgan fingerprint density at radius 2 is 1.53 bits per heavy atom. The lowest BCUT2D eigenvalue weighted by atomic mass is 9.81. The molecule has 2 unspecified atom stereocenters. The molecule has 9 nitrogen and oxygen atoms in total. The Hall–Kier alpha value is -2.47. The van der Waals surface area contributed by atoms with Crippen LogP contribution in [0.2, 0.25) is 0 Å². The van der Waals surface area contributed by atoms with E-state index in [1.165, 1.54) is 0 Å². The molecule has 0 fully saturated rings. The molecule has 2 aromatic rings. The Bertz CT molecular complexity index is 1670. The molecule has 0 saturated carbocycles. The summed E-state index contributed by atoms with van der Waals surface area (Å²) in [5.41, 5.74) is 0.943. The van der Waals surface area contributed by atoms with Crippen molar-refractivity contribution < 1.29 is 30.7 Å². The predicted octanol–water partition coefficient (Wildman–Crippen LogP) is 3.72. The molecule has 3 aliphatic heterocycles. The van der Waals surface area contributed by atoms with Crippen molar-refractivity contribution in [2.24, 2.45) is 4.99 Å². The molecule has 2 atom stereocenters. The van der Waals surface area contributed by atoms with E-state index < -0.39 is 41.1 Å². The van der Waals surface area contributed by atoms with E-state index in [1.807, 2.05) is 41.5 Å². The highest BCUT2D eigenvalue weighted by Gasteiger charge is 2.39. The number of hydrogen-bond acceptors (Lipinski definition) is 7. The highest BCUT2D eigenvalue weighted by Crippen LogP contribution is 2.49. The summed E-state index contributed by atoms with van der Waals surface area (Å²) in [5, 5.41) is 3.70. The van der Waals surface area contributed by atoms with Crippen molar-refractivity contribution in [3.63, 3.8) is 0 Å². The number of benzene rings is 2. The van der Waals surface area contributed by atoms with Gasteiger partial charge in [-0.2, -0.15) is 16.8 Å². The third-order valence-corrected chi connectivity index (χ3v) is 8.96. The van der Waals surface area contributed by atoms with Crippen LogP contribution in [0.15, 0.2) is 26.9 Å². The zero-order chi connectivity index (χ0) is 26.6. The molecule has 0 amide bonds. The molecule has 2 aromatic carbocycles. The zero-order valence-electron chi connectivity index (χ0n) is 21.0. The van der Waals surface area contributed by atoms with Gasteiger partial charge in [0.2, 0.25) is 0 Å². The van der Waals surface area contributed by atoms with E-state index in [-0.39, 0.29) is 34.4 Å². The molecule has 0 bridgehead atoms. The first-order valence-electron chi connectivity index (χ1n) is 11.8. The topological polar surface area (TPSA) is 142 Å². The second-order valence-electron chi connectivity index (χ2n) is 11.5. The van der Waals surface area contributed by atoms with Crippen LogP contribution in [0, 0.1) is 0 Å². The molecular weight excluding hydrogens is 504 g/mol. The van der Waals surface area contributed by atoms with Crippen molar-refractivity contribution >= 4 is 32.0 Å². The number of ether oxygens (including phenoxy) is 1. The number of hydrogen-bond donors (Lipinski definition) is 3. The predicted molar refractivity (Wildman–Crippen MR) is 135 cm³/mol. The number of rotatable bonds is 2. The summed E-state index contributed by atoms with van der Waals surface area (Å²) >= 11 is 0. The highest BCUT2D eigenvalue weighted by molar-refractivity contribution is 7.86. The normalized spacial score (nSPS) is 23.4. The lowest BCUT2D eigenvalue weighted by Gasteiger charge is -2.39. The van der Waals surface area contributed by atoms with E-state index in [0.29, 0.717) is 28.3 Å². The van der Waals surface area contributed by atoms with Crippen LogP contribution in [0.3, 0.4) is 0 Å². The molecule has 0 aliphatic carbocycles. The van der Waals surface area contributed by atoms with E-state index in [0.717, 1.165) is 6.42 Å². The molecule has 36 heavy (non-hydrogen) atoms. The van der Waals surface area contributed by atoms with Gasteiger partial charge in [-0.25, -0.2) is 0 Å². The third kappa shape index (κ3) is 4.02. The van der Waals surface area contributed by atoms with Crippen molar-refractivity contribution in [3.05, 3.63) is 39.4 Å². The van der Waals surface area contributed by atoms with Crippen LogP contribution in [-0.4, -0.2) is 37.0 Å². The minimum absolute atomic E-state index is 0.0187. The van der Waals surface area contributed by atoms with Gasteiger partial charge in [0.05, 0.1) is 16.6 Å². The van der Waals surface area contributed by atoms with Crippen LogP contribution in [0.25, 0.3) is 6.08 Å². The lowest BCUT2D eigenvalue weighted by Crippen LogP contribution is -2.38. The van der Waals surface area contributed by atoms with Gasteiger partial charge >= 0.3 is 0 Å². The molecule has 0 spiro atoms. The Labute approximate surface area is 210 Å². The van der Waals surface area contributed by atoms with Crippen LogP contribution in [0.1, 0.15) is 82.9 Å². The number of fused-ring (bicyclic) bond motifs is 4. The van der Waals surface area contributed by atoms with Crippen LogP contribution >= 0.6 is 0 Å². The molecular formula is C25H30N2O7S2. The molecule has 3 heterocycles. The van der Waals surface area contributed by atoms with Gasteiger partial charge in [-0.1, -0.05) is 13.8 Å². The quantitative estimate of drug-likeness (QED) is 0.422. The van der Waals surface area contributed by atoms with Crippen molar-refractivity contribution in [1.82, 2.24) is 0 Å². The first kappa shape index (κ1) is 25.2. The fraction of sp³-hybridized carbons (Fsp3) is 0.480. The highest BCUT2D eigenvalue weighted by atomic mass is 32.2. The smallest absolute Gasteiger partial charge is 0.300 e. The van der Waals surface area contributed by atoms with Crippen LogP contribution in [-0.2, 0) is 20.2 Å². The third-order valence-electron chi connectivity index (χ3n) is 7.16. The molecule has 0 saturated heterocycles. The summed E-state index contributed by atoms with van der Waals surface area (Å²) in [6.45, 7) is 11.6. The standard InChI is InChI=1S/C25H30N2O7S2/c1-12-10-24(3,4)26-18-16(12)8-14-7-15-9-17-13(2)11-25(5,6)27-19(17)23(36(31,32)33)21(15)34-20(14)22(18)35(28,29)30/h7-9,12-13,26H,10-11H2,1-6H3,(H,28,29,30)(H,31,32,33). The molecule has 3 N–H and O–H groups in total. The average molecular weight is 535 g/mol. The maximum Gasteiger partial charge on any atom is 0.300 e. The van der Waals surface area contributed by atoms with Crippen molar-refractivity contribution in [2.75, 3.05) is 5.32 Å². The minimum atomic E-state index is -4.82. The summed E-state index contributed by atoms with van der Waals surface area (Å²) in [4.78, 5) is 3.66. The van der Waals surface area contributed by atoms with Crippen LogP contribution in [0.5, 0.6) is 11.5 Å². The summed E-state index contributed by atoms with van der Waals surface area (Å²) in [7, 11) is -9.62. The molecule has 194 valence electrons. The zero-order valence-corrected chi connectivity index (χ0v) is 22.6. The van der Waals surface area contributed by atoms with Gasteiger partial charge in [-0.15, -0.1) is 0 Å². The van der Waals surface area contributed by atoms with E-state index in [4.69, 9.17) is 4.74 Å². The van der Waals surface area contributed by atoms with Crippen LogP contribution < -0.4 is 20.6 Å². The largest absolute Gasteiger partial charge is 0.453 e. The Kier molecular flexibility index (Phi) is 5.27. The van der Waals surface area contributed by atoms with E-state index in [9.17, 15) is 25.9 Å². The molecule has 0 radical (unpaired) electrons. The van der Waals surface area contributed by atoms with E-state index in [2.05, 4.69) is 10.3 Å². The van der Waals surface area contributed by atoms with Gasteiger partial charge in [0.1, 0.15) is 0 Å². The Balaban J connectivity index is 1.92. The second-order valence-corrected chi connectivity index (χ2v) is 14.2. The van der Waals surface area contributed by atoms with Gasteiger partial charge in [-0.05, 0) is 81.7 Å². The SMILES string of the molecule is CC1CC(C)(C)Nc2c1cc1c(c2S(=O)(=O)O)Oc2c(S(=O)(=O)O)c3c(cc2=C1)C(C)CC(C)(C)N=3. The fourth-order valence-electron chi connectivity index (χ4n) is 6.01.